The molecule has 2 N–H and O–H groups in total. The largest absolute Gasteiger partial charge is 0.380 e. The average Bonchev–Trinajstić information content (AvgIpc) is 2.73. The molecule has 0 bridgehead atoms. The highest BCUT2D eigenvalue weighted by Crippen LogP contribution is 2.37. The molecule has 1 aromatic carbocycles. The fourth-order valence-electron chi connectivity index (χ4n) is 1.92. The minimum Gasteiger partial charge on any atom is -0.380 e. The lowest BCUT2D eigenvalue weighted by atomic mass is 10.1. The third-order valence-corrected chi connectivity index (χ3v) is 4.28. The molecule has 2 unspecified atom stereocenters. The van der Waals surface area contributed by atoms with Crippen molar-refractivity contribution in [1.82, 2.24) is 0 Å². The van der Waals surface area contributed by atoms with Crippen LogP contribution >= 0.6 is 11.8 Å². The summed E-state index contributed by atoms with van der Waals surface area (Å²) < 4.78 is 5.52. The fourth-order valence-corrected chi connectivity index (χ4v) is 3.22. The number of fused-ring (bicyclic) bond motifs is 1. The normalized spacial score (nSPS) is 20.8. The molecule has 1 aromatic rings. The fraction of sp³-hybridized carbons (Fsp3) is 0.538. The summed E-state index contributed by atoms with van der Waals surface area (Å²) in [7, 11) is 0. The van der Waals surface area contributed by atoms with Gasteiger partial charge in [-0.3, -0.25) is 0 Å². The van der Waals surface area contributed by atoms with Crippen LogP contribution in [0.25, 0.3) is 0 Å². The van der Waals surface area contributed by atoms with Crippen LogP contribution in [0.1, 0.15) is 18.9 Å². The molecule has 1 aliphatic heterocycles. The predicted octanol–water partition coefficient (Wildman–Crippen LogP) is 2.46. The van der Waals surface area contributed by atoms with Crippen molar-refractivity contribution in [3.63, 3.8) is 0 Å². The van der Waals surface area contributed by atoms with Gasteiger partial charge in [-0.05, 0) is 24.5 Å². The highest BCUT2D eigenvalue weighted by atomic mass is 32.2. The van der Waals surface area contributed by atoms with Crippen LogP contribution in [0.15, 0.2) is 29.2 Å². The van der Waals surface area contributed by atoms with E-state index in [-0.39, 0.29) is 6.04 Å². The van der Waals surface area contributed by atoms with Crippen LogP contribution in [-0.2, 0) is 11.2 Å². The van der Waals surface area contributed by atoms with E-state index in [1.165, 1.54) is 10.5 Å². The standard InChI is InChI=1S/C13H19NOS/c1-2-7-15-9-11(14)13-8-10-5-3-4-6-12(10)16-13/h3-6,11,13H,2,7-9,14H2,1H3. The molecule has 0 saturated carbocycles. The van der Waals surface area contributed by atoms with Crippen molar-refractivity contribution in [2.45, 2.75) is 36.0 Å². The van der Waals surface area contributed by atoms with Gasteiger partial charge < -0.3 is 10.5 Å². The number of nitrogens with two attached hydrogens (primary N) is 1. The quantitative estimate of drug-likeness (QED) is 0.799. The molecule has 2 nitrogen and oxygen atoms in total. The van der Waals surface area contributed by atoms with Crippen molar-refractivity contribution >= 4 is 11.8 Å². The average molecular weight is 237 g/mol. The number of benzene rings is 1. The Morgan fingerprint density at radius 2 is 2.31 bits per heavy atom. The highest BCUT2D eigenvalue weighted by molar-refractivity contribution is 8.00. The molecular formula is C13H19NOS. The summed E-state index contributed by atoms with van der Waals surface area (Å²) in [5.74, 6) is 0. The van der Waals surface area contributed by atoms with Gasteiger partial charge in [0.2, 0.25) is 0 Å². The summed E-state index contributed by atoms with van der Waals surface area (Å²) in [6, 6.07) is 8.71. The minimum atomic E-state index is 0.143. The van der Waals surface area contributed by atoms with Gasteiger partial charge in [0.25, 0.3) is 0 Å². The van der Waals surface area contributed by atoms with Gasteiger partial charge in [0.05, 0.1) is 6.61 Å². The van der Waals surface area contributed by atoms with Crippen molar-refractivity contribution in [1.29, 1.82) is 0 Å². The summed E-state index contributed by atoms with van der Waals surface area (Å²) in [5, 5.41) is 0.481. The maximum Gasteiger partial charge on any atom is 0.0628 e. The number of hydrogen-bond donors (Lipinski definition) is 1. The van der Waals surface area contributed by atoms with Crippen LogP contribution < -0.4 is 5.73 Å². The summed E-state index contributed by atoms with van der Waals surface area (Å²) in [5.41, 5.74) is 7.59. The Hall–Kier alpha value is -0.510. The first kappa shape index (κ1) is 12.0. The van der Waals surface area contributed by atoms with Crippen LogP contribution in [0, 0.1) is 0 Å². The van der Waals surface area contributed by atoms with E-state index >= 15 is 0 Å². The smallest absolute Gasteiger partial charge is 0.0628 e. The molecule has 88 valence electrons. The zero-order chi connectivity index (χ0) is 11.4. The van der Waals surface area contributed by atoms with Gasteiger partial charge in [-0.15, -0.1) is 11.8 Å². The van der Waals surface area contributed by atoms with Crippen LogP contribution in [0.3, 0.4) is 0 Å². The second-order valence-electron chi connectivity index (χ2n) is 4.21. The first-order valence-electron chi connectivity index (χ1n) is 5.89. The van der Waals surface area contributed by atoms with Crippen molar-refractivity contribution < 1.29 is 4.74 Å². The zero-order valence-electron chi connectivity index (χ0n) is 9.69. The Kier molecular flexibility index (Phi) is 4.27. The van der Waals surface area contributed by atoms with E-state index in [2.05, 4.69) is 31.2 Å². The number of hydrogen-bond acceptors (Lipinski definition) is 3. The molecule has 0 aliphatic carbocycles. The number of rotatable bonds is 5. The molecule has 1 aliphatic rings. The predicted molar refractivity (Wildman–Crippen MR) is 68.9 cm³/mol. The topological polar surface area (TPSA) is 35.2 Å². The first-order valence-corrected chi connectivity index (χ1v) is 6.77. The lowest BCUT2D eigenvalue weighted by molar-refractivity contribution is 0.121. The van der Waals surface area contributed by atoms with Crippen molar-refractivity contribution in [2.75, 3.05) is 13.2 Å². The Morgan fingerprint density at radius 3 is 3.06 bits per heavy atom. The maximum atomic E-state index is 6.15. The molecule has 2 rings (SSSR count). The molecule has 0 radical (unpaired) electrons. The Balaban J connectivity index is 1.86. The van der Waals surface area contributed by atoms with Gasteiger partial charge >= 0.3 is 0 Å². The lowest BCUT2D eigenvalue weighted by Crippen LogP contribution is -2.36. The van der Waals surface area contributed by atoms with Gasteiger partial charge in [-0.2, -0.15) is 0 Å². The maximum absolute atomic E-state index is 6.15. The van der Waals surface area contributed by atoms with Crippen LogP contribution in [0.4, 0.5) is 0 Å². The van der Waals surface area contributed by atoms with Crippen LogP contribution in [-0.4, -0.2) is 24.5 Å². The third kappa shape index (κ3) is 2.78. The molecule has 1 heterocycles. The van der Waals surface area contributed by atoms with E-state index in [1.807, 2.05) is 11.8 Å². The van der Waals surface area contributed by atoms with E-state index in [4.69, 9.17) is 10.5 Å². The van der Waals surface area contributed by atoms with Crippen molar-refractivity contribution in [3.8, 4) is 0 Å². The first-order chi connectivity index (χ1) is 7.81. The zero-order valence-corrected chi connectivity index (χ0v) is 10.5. The number of ether oxygens (including phenoxy) is 1. The van der Waals surface area contributed by atoms with E-state index < -0.39 is 0 Å². The summed E-state index contributed by atoms with van der Waals surface area (Å²) in [4.78, 5) is 1.39. The van der Waals surface area contributed by atoms with E-state index in [0.717, 1.165) is 19.4 Å². The molecule has 16 heavy (non-hydrogen) atoms. The third-order valence-electron chi connectivity index (χ3n) is 2.81. The second-order valence-corrected chi connectivity index (χ2v) is 5.49. The van der Waals surface area contributed by atoms with E-state index in [1.54, 1.807) is 0 Å². The second kappa shape index (κ2) is 5.71. The lowest BCUT2D eigenvalue weighted by Gasteiger charge is -2.17. The summed E-state index contributed by atoms with van der Waals surface area (Å²) >= 11 is 1.90. The van der Waals surface area contributed by atoms with Gasteiger partial charge in [0.15, 0.2) is 0 Å². The summed E-state index contributed by atoms with van der Waals surface area (Å²) in [6.45, 7) is 3.61. The van der Waals surface area contributed by atoms with Crippen LogP contribution in [0.2, 0.25) is 0 Å². The molecule has 2 atom stereocenters. The summed E-state index contributed by atoms with van der Waals surface area (Å²) in [6.07, 6.45) is 2.14. The Labute approximate surface area is 102 Å². The SMILES string of the molecule is CCCOCC(N)C1Cc2ccccc2S1. The van der Waals surface area contributed by atoms with E-state index in [9.17, 15) is 0 Å². The van der Waals surface area contributed by atoms with Gasteiger partial charge in [0.1, 0.15) is 0 Å². The molecule has 3 heteroatoms. The van der Waals surface area contributed by atoms with Gasteiger partial charge in [-0.1, -0.05) is 25.1 Å². The van der Waals surface area contributed by atoms with Crippen molar-refractivity contribution in [3.05, 3.63) is 29.8 Å². The van der Waals surface area contributed by atoms with Gasteiger partial charge in [-0.25, -0.2) is 0 Å². The minimum absolute atomic E-state index is 0.143. The number of thioether (sulfide) groups is 1. The monoisotopic (exact) mass is 237 g/mol. The highest BCUT2D eigenvalue weighted by Gasteiger charge is 2.26. The van der Waals surface area contributed by atoms with Gasteiger partial charge in [0, 0.05) is 22.8 Å². The van der Waals surface area contributed by atoms with Crippen LogP contribution in [0.5, 0.6) is 0 Å². The molecular weight excluding hydrogens is 218 g/mol. The molecule has 0 saturated heterocycles. The Bertz CT molecular complexity index is 317. The van der Waals surface area contributed by atoms with Crippen molar-refractivity contribution in [2.24, 2.45) is 5.73 Å². The molecule has 0 spiro atoms. The van der Waals surface area contributed by atoms with E-state index in [0.29, 0.717) is 11.9 Å². The molecule has 0 aromatic heterocycles. The molecule has 0 fully saturated rings. The molecule has 0 amide bonds. The Morgan fingerprint density at radius 1 is 1.50 bits per heavy atom.